The van der Waals surface area contributed by atoms with Gasteiger partial charge >= 0.3 is 0 Å². The number of aryl methyl sites for hydroxylation is 1. The molecule has 0 fully saturated rings. The standard InChI is InChI=1S/C13H24N4O/c1-4-6-7-8-9-18-13-10(3)12(17-14)15-11(5-2)16-13/h4-9,14H2,1-3H3,(H,15,16,17). The van der Waals surface area contributed by atoms with Gasteiger partial charge in [-0.25, -0.2) is 10.8 Å². The van der Waals surface area contributed by atoms with Gasteiger partial charge in [0, 0.05) is 6.42 Å². The van der Waals surface area contributed by atoms with Crippen LogP contribution in [0.5, 0.6) is 5.88 Å². The minimum Gasteiger partial charge on any atom is -0.477 e. The highest BCUT2D eigenvalue weighted by Gasteiger charge is 2.10. The Morgan fingerprint density at radius 1 is 1.17 bits per heavy atom. The summed E-state index contributed by atoms with van der Waals surface area (Å²) in [7, 11) is 0. The van der Waals surface area contributed by atoms with E-state index in [0.29, 0.717) is 18.3 Å². The Morgan fingerprint density at radius 2 is 1.94 bits per heavy atom. The van der Waals surface area contributed by atoms with Gasteiger partial charge in [0.1, 0.15) is 11.6 Å². The summed E-state index contributed by atoms with van der Waals surface area (Å²) < 4.78 is 5.72. The largest absolute Gasteiger partial charge is 0.477 e. The molecule has 0 unspecified atom stereocenters. The molecule has 1 rings (SSSR count). The minimum absolute atomic E-state index is 0.644. The second kappa shape index (κ2) is 7.87. The van der Waals surface area contributed by atoms with Crippen LogP contribution in [-0.4, -0.2) is 16.6 Å². The van der Waals surface area contributed by atoms with E-state index in [2.05, 4.69) is 22.3 Å². The smallest absolute Gasteiger partial charge is 0.221 e. The van der Waals surface area contributed by atoms with E-state index in [-0.39, 0.29) is 0 Å². The SMILES string of the molecule is CCCCCCOc1nc(CC)nc(NN)c1C. The van der Waals surface area contributed by atoms with Crippen molar-refractivity contribution >= 4 is 5.82 Å². The van der Waals surface area contributed by atoms with Crippen LogP contribution in [0.2, 0.25) is 0 Å². The number of hydrazine groups is 1. The summed E-state index contributed by atoms with van der Waals surface area (Å²) in [4.78, 5) is 8.69. The molecule has 0 atom stereocenters. The number of nitrogens with two attached hydrogens (primary N) is 1. The lowest BCUT2D eigenvalue weighted by atomic mass is 10.2. The summed E-state index contributed by atoms with van der Waals surface area (Å²) in [6, 6.07) is 0. The molecule has 3 N–H and O–H groups in total. The summed E-state index contributed by atoms with van der Waals surface area (Å²) in [5.41, 5.74) is 3.46. The zero-order chi connectivity index (χ0) is 13.4. The van der Waals surface area contributed by atoms with Crippen LogP contribution in [0.3, 0.4) is 0 Å². The molecule has 1 aromatic rings. The van der Waals surface area contributed by atoms with E-state index in [1.165, 1.54) is 19.3 Å². The fourth-order valence-electron chi connectivity index (χ4n) is 1.68. The van der Waals surface area contributed by atoms with Gasteiger partial charge in [-0.3, -0.25) is 0 Å². The molecule has 0 saturated heterocycles. The molecule has 1 aromatic heterocycles. The van der Waals surface area contributed by atoms with E-state index < -0.39 is 0 Å². The average molecular weight is 252 g/mol. The Kier molecular flexibility index (Phi) is 6.43. The molecule has 0 aliphatic heterocycles. The third kappa shape index (κ3) is 4.14. The summed E-state index contributed by atoms with van der Waals surface area (Å²) >= 11 is 0. The van der Waals surface area contributed by atoms with Crippen LogP contribution < -0.4 is 16.0 Å². The van der Waals surface area contributed by atoms with Crippen molar-refractivity contribution in [3.05, 3.63) is 11.4 Å². The Balaban J connectivity index is 2.63. The number of hydrogen-bond donors (Lipinski definition) is 2. The molecular weight excluding hydrogens is 228 g/mol. The zero-order valence-electron chi connectivity index (χ0n) is 11.6. The van der Waals surface area contributed by atoms with Crippen molar-refractivity contribution < 1.29 is 4.74 Å². The Bertz CT molecular complexity index is 368. The molecule has 0 aliphatic carbocycles. The lowest BCUT2D eigenvalue weighted by Gasteiger charge is -2.12. The molecule has 0 spiro atoms. The van der Waals surface area contributed by atoms with E-state index in [1.807, 2.05) is 13.8 Å². The number of rotatable bonds is 8. The van der Waals surface area contributed by atoms with Crippen molar-refractivity contribution in [2.24, 2.45) is 5.84 Å². The Morgan fingerprint density at radius 3 is 2.56 bits per heavy atom. The van der Waals surface area contributed by atoms with Crippen LogP contribution in [-0.2, 0) is 6.42 Å². The lowest BCUT2D eigenvalue weighted by Crippen LogP contribution is -2.14. The van der Waals surface area contributed by atoms with Gasteiger partial charge in [0.25, 0.3) is 0 Å². The van der Waals surface area contributed by atoms with Crippen LogP contribution in [0.1, 0.15) is 50.9 Å². The summed E-state index contributed by atoms with van der Waals surface area (Å²) in [5.74, 6) is 7.48. The third-order valence-electron chi connectivity index (χ3n) is 2.84. The number of nitrogens with zero attached hydrogens (tertiary/aromatic N) is 2. The normalized spacial score (nSPS) is 10.4. The third-order valence-corrected chi connectivity index (χ3v) is 2.84. The molecule has 5 heteroatoms. The molecule has 0 aromatic carbocycles. The zero-order valence-corrected chi connectivity index (χ0v) is 11.6. The van der Waals surface area contributed by atoms with Crippen molar-refractivity contribution in [2.75, 3.05) is 12.0 Å². The number of anilines is 1. The molecule has 18 heavy (non-hydrogen) atoms. The predicted octanol–water partition coefficient (Wildman–Crippen LogP) is 2.59. The first-order chi connectivity index (χ1) is 8.72. The Labute approximate surface area is 109 Å². The first-order valence-electron chi connectivity index (χ1n) is 6.69. The van der Waals surface area contributed by atoms with E-state index >= 15 is 0 Å². The van der Waals surface area contributed by atoms with Crippen molar-refractivity contribution in [2.45, 2.75) is 52.9 Å². The highest BCUT2D eigenvalue weighted by Crippen LogP contribution is 2.21. The van der Waals surface area contributed by atoms with Gasteiger partial charge in [-0.1, -0.05) is 33.1 Å². The van der Waals surface area contributed by atoms with Crippen molar-refractivity contribution in [3.8, 4) is 5.88 Å². The predicted molar refractivity (Wildman–Crippen MR) is 73.6 cm³/mol. The van der Waals surface area contributed by atoms with Crippen molar-refractivity contribution in [3.63, 3.8) is 0 Å². The topological polar surface area (TPSA) is 73.1 Å². The Hall–Kier alpha value is -1.36. The first-order valence-corrected chi connectivity index (χ1v) is 6.69. The number of unbranched alkanes of at least 4 members (excludes halogenated alkanes) is 3. The number of aromatic nitrogens is 2. The maximum atomic E-state index is 5.72. The van der Waals surface area contributed by atoms with Crippen molar-refractivity contribution in [1.82, 2.24) is 9.97 Å². The molecule has 5 nitrogen and oxygen atoms in total. The first kappa shape index (κ1) is 14.7. The van der Waals surface area contributed by atoms with Crippen LogP contribution in [0, 0.1) is 6.92 Å². The molecular formula is C13H24N4O. The summed E-state index contributed by atoms with van der Waals surface area (Å²) in [6.07, 6.45) is 5.50. The fourth-order valence-corrected chi connectivity index (χ4v) is 1.68. The summed E-state index contributed by atoms with van der Waals surface area (Å²) in [6.45, 7) is 6.82. The molecule has 1 heterocycles. The van der Waals surface area contributed by atoms with Crippen molar-refractivity contribution in [1.29, 1.82) is 0 Å². The van der Waals surface area contributed by atoms with Gasteiger partial charge < -0.3 is 10.2 Å². The van der Waals surface area contributed by atoms with Crippen LogP contribution in [0.4, 0.5) is 5.82 Å². The number of nitrogens with one attached hydrogen (secondary N) is 1. The van der Waals surface area contributed by atoms with E-state index in [1.54, 1.807) is 0 Å². The van der Waals surface area contributed by atoms with E-state index in [0.717, 1.165) is 24.2 Å². The molecule has 0 amide bonds. The molecule has 0 radical (unpaired) electrons. The van der Waals surface area contributed by atoms with Gasteiger partial charge in [-0.15, -0.1) is 0 Å². The van der Waals surface area contributed by atoms with Crippen LogP contribution >= 0.6 is 0 Å². The van der Waals surface area contributed by atoms with Gasteiger partial charge in [0.2, 0.25) is 5.88 Å². The van der Waals surface area contributed by atoms with Gasteiger partial charge in [-0.2, -0.15) is 4.98 Å². The van der Waals surface area contributed by atoms with E-state index in [4.69, 9.17) is 10.6 Å². The number of nitrogen functional groups attached to an aromatic ring is 1. The molecule has 0 bridgehead atoms. The highest BCUT2D eigenvalue weighted by atomic mass is 16.5. The van der Waals surface area contributed by atoms with Crippen LogP contribution in [0.25, 0.3) is 0 Å². The minimum atomic E-state index is 0.644. The molecule has 0 saturated carbocycles. The fraction of sp³-hybridized carbons (Fsp3) is 0.692. The number of ether oxygens (including phenoxy) is 1. The summed E-state index contributed by atoms with van der Waals surface area (Å²) in [5, 5.41) is 0. The van der Waals surface area contributed by atoms with E-state index in [9.17, 15) is 0 Å². The second-order valence-corrected chi connectivity index (χ2v) is 4.33. The maximum absolute atomic E-state index is 5.72. The van der Waals surface area contributed by atoms with Crippen LogP contribution in [0.15, 0.2) is 0 Å². The second-order valence-electron chi connectivity index (χ2n) is 4.33. The molecule has 0 aliphatic rings. The lowest BCUT2D eigenvalue weighted by molar-refractivity contribution is 0.290. The van der Waals surface area contributed by atoms with Gasteiger partial charge in [-0.05, 0) is 13.3 Å². The maximum Gasteiger partial charge on any atom is 0.221 e. The molecule has 102 valence electrons. The number of hydrogen-bond acceptors (Lipinski definition) is 5. The van der Waals surface area contributed by atoms with Gasteiger partial charge in [0.05, 0.1) is 12.2 Å². The van der Waals surface area contributed by atoms with Gasteiger partial charge in [0.15, 0.2) is 0 Å². The highest BCUT2D eigenvalue weighted by molar-refractivity contribution is 5.47. The quantitative estimate of drug-likeness (QED) is 0.422. The monoisotopic (exact) mass is 252 g/mol. The average Bonchev–Trinajstić information content (AvgIpc) is 2.40.